The van der Waals surface area contributed by atoms with E-state index in [4.69, 9.17) is 0 Å². The highest BCUT2D eigenvalue weighted by molar-refractivity contribution is 14.0. The number of nitrogens with zero attached hydrogens (tertiary/aromatic N) is 2. The Morgan fingerprint density at radius 1 is 1.03 bits per heavy atom. The largest absolute Gasteiger partial charge is 0.396 e. The third-order valence-corrected chi connectivity index (χ3v) is 6.00. The van der Waals surface area contributed by atoms with E-state index in [1.807, 2.05) is 30.3 Å². The average molecular weight is 537 g/mol. The second-order valence-electron chi connectivity index (χ2n) is 8.37. The summed E-state index contributed by atoms with van der Waals surface area (Å²) < 4.78 is 0. The van der Waals surface area contributed by atoms with Gasteiger partial charge in [-0.15, -0.1) is 24.0 Å². The van der Waals surface area contributed by atoms with E-state index in [1.54, 1.807) is 7.05 Å². The Morgan fingerprint density at radius 3 is 2.29 bits per heavy atom. The molecule has 1 saturated heterocycles. The maximum atomic E-state index is 9.73. The Labute approximate surface area is 204 Å². The molecule has 1 heterocycles. The van der Waals surface area contributed by atoms with Gasteiger partial charge in [0.2, 0.25) is 0 Å². The second-order valence-corrected chi connectivity index (χ2v) is 8.37. The minimum atomic E-state index is 0. The zero-order chi connectivity index (χ0) is 21.2. The fourth-order valence-electron chi connectivity index (χ4n) is 3.88. The molecule has 1 fully saturated rings. The molecular formula is C25H37IN4O. The van der Waals surface area contributed by atoms with Crippen LogP contribution in [0.3, 0.4) is 0 Å². The molecule has 1 unspecified atom stereocenters. The van der Waals surface area contributed by atoms with Crippen LogP contribution in [0.25, 0.3) is 0 Å². The van der Waals surface area contributed by atoms with Gasteiger partial charge in [-0.1, -0.05) is 61.5 Å². The molecule has 6 heteroatoms. The number of aliphatic hydroxyl groups excluding tert-OH is 1. The summed E-state index contributed by atoms with van der Waals surface area (Å²) in [5.41, 5.74) is 3.74. The van der Waals surface area contributed by atoms with Crippen LogP contribution in [0, 0.1) is 5.92 Å². The monoisotopic (exact) mass is 536 g/mol. The smallest absolute Gasteiger partial charge is 0.191 e. The van der Waals surface area contributed by atoms with Crippen LogP contribution in [0.4, 0.5) is 0 Å². The van der Waals surface area contributed by atoms with Crippen molar-refractivity contribution in [3.05, 3.63) is 71.3 Å². The molecule has 0 spiro atoms. The molecule has 170 valence electrons. The van der Waals surface area contributed by atoms with Gasteiger partial charge in [0, 0.05) is 32.6 Å². The third kappa shape index (κ3) is 8.43. The molecule has 0 bridgehead atoms. The van der Waals surface area contributed by atoms with Crippen LogP contribution in [-0.4, -0.2) is 49.3 Å². The normalized spacial score (nSPS) is 16.4. The maximum absolute atomic E-state index is 9.73. The van der Waals surface area contributed by atoms with Crippen LogP contribution >= 0.6 is 24.0 Å². The fourth-order valence-corrected chi connectivity index (χ4v) is 3.88. The van der Waals surface area contributed by atoms with Crippen molar-refractivity contribution in [3.8, 4) is 0 Å². The lowest BCUT2D eigenvalue weighted by Crippen LogP contribution is -2.39. The Hall–Kier alpha value is -1.64. The summed E-state index contributed by atoms with van der Waals surface area (Å²) in [6, 6.07) is 19.0. The average Bonchev–Trinajstić information content (AvgIpc) is 2.79. The molecule has 3 N–H and O–H groups in total. The van der Waals surface area contributed by atoms with Gasteiger partial charge in [-0.3, -0.25) is 9.89 Å². The standard InChI is InChI=1S/C25H36N4O.HI/c1-20-12-14-29(15-13-20)18-22-10-8-21(9-11-22)16-27-25(26-2)28-17-24(19-30)23-6-4-3-5-7-23;/h3-11,20,24,30H,12-19H2,1-2H3,(H2,26,27,28);1H. The van der Waals surface area contributed by atoms with Crippen molar-refractivity contribution in [2.75, 3.05) is 33.3 Å². The van der Waals surface area contributed by atoms with Crippen molar-refractivity contribution in [2.24, 2.45) is 10.9 Å². The molecule has 0 saturated carbocycles. The number of likely N-dealkylation sites (tertiary alicyclic amines) is 1. The van der Waals surface area contributed by atoms with E-state index in [0.29, 0.717) is 6.54 Å². The number of hydrogen-bond acceptors (Lipinski definition) is 3. The van der Waals surface area contributed by atoms with E-state index >= 15 is 0 Å². The molecular weight excluding hydrogens is 499 g/mol. The Morgan fingerprint density at radius 2 is 1.68 bits per heavy atom. The molecule has 31 heavy (non-hydrogen) atoms. The molecule has 3 rings (SSSR count). The first-order valence-electron chi connectivity index (χ1n) is 11.1. The van der Waals surface area contributed by atoms with Gasteiger partial charge in [0.05, 0.1) is 6.61 Å². The Bertz CT molecular complexity index is 774. The Balaban J connectivity index is 0.00000341. The fraction of sp³-hybridized carbons (Fsp3) is 0.480. The van der Waals surface area contributed by atoms with E-state index in [9.17, 15) is 5.11 Å². The lowest BCUT2D eigenvalue weighted by Gasteiger charge is -2.30. The number of aliphatic imine (C=N–C) groups is 1. The number of hydrogen-bond donors (Lipinski definition) is 3. The van der Waals surface area contributed by atoms with Gasteiger partial charge in [-0.25, -0.2) is 0 Å². The summed E-state index contributed by atoms with van der Waals surface area (Å²) in [5, 5.41) is 16.4. The van der Waals surface area contributed by atoms with Gasteiger partial charge in [0.1, 0.15) is 0 Å². The van der Waals surface area contributed by atoms with Crippen molar-refractivity contribution in [1.29, 1.82) is 0 Å². The van der Waals surface area contributed by atoms with E-state index in [1.165, 1.54) is 37.1 Å². The van der Waals surface area contributed by atoms with Gasteiger partial charge in [0.25, 0.3) is 0 Å². The summed E-state index contributed by atoms with van der Waals surface area (Å²) in [6.45, 7) is 7.28. The molecule has 0 aliphatic carbocycles. The van der Waals surface area contributed by atoms with Crippen molar-refractivity contribution in [3.63, 3.8) is 0 Å². The number of guanidine groups is 1. The highest BCUT2D eigenvalue weighted by Gasteiger charge is 2.15. The molecule has 1 aliphatic heterocycles. The van der Waals surface area contributed by atoms with E-state index < -0.39 is 0 Å². The van der Waals surface area contributed by atoms with Crippen LogP contribution in [0.15, 0.2) is 59.6 Å². The van der Waals surface area contributed by atoms with Gasteiger partial charge >= 0.3 is 0 Å². The van der Waals surface area contributed by atoms with Crippen molar-refractivity contribution < 1.29 is 5.11 Å². The van der Waals surface area contributed by atoms with Crippen molar-refractivity contribution in [2.45, 2.75) is 38.8 Å². The number of rotatable bonds is 8. The molecule has 2 aromatic carbocycles. The maximum Gasteiger partial charge on any atom is 0.191 e. The first-order valence-corrected chi connectivity index (χ1v) is 11.1. The minimum absolute atomic E-state index is 0. The first kappa shape index (κ1) is 25.6. The number of aliphatic hydroxyl groups is 1. The minimum Gasteiger partial charge on any atom is -0.396 e. The lowest BCUT2D eigenvalue weighted by atomic mass is 9.99. The van der Waals surface area contributed by atoms with Crippen LogP contribution in [0.1, 0.15) is 42.4 Å². The Kier molecular flexibility index (Phi) is 11.3. The molecule has 1 atom stereocenters. The molecule has 5 nitrogen and oxygen atoms in total. The van der Waals surface area contributed by atoms with Gasteiger partial charge in [-0.05, 0) is 48.5 Å². The zero-order valence-electron chi connectivity index (χ0n) is 18.8. The third-order valence-electron chi connectivity index (χ3n) is 6.00. The molecule has 1 aliphatic rings. The first-order chi connectivity index (χ1) is 14.7. The predicted molar refractivity (Wildman–Crippen MR) is 140 cm³/mol. The van der Waals surface area contributed by atoms with Crippen molar-refractivity contribution >= 4 is 29.9 Å². The zero-order valence-corrected chi connectivity index (χ0v) is 21.1. The number of halogens is 1. The van der Waals surface area contributed by atoms with Gasteiger partial charge in [0.15, 0.2) is 5.96 Å². The SMILES string of the molecule is CN=C(NCc1ccc(CN2CCC(C)CC2)cc1)NCC(CO)c1ccccc1.I. The van der Waals surface area contributed by atoms with Gasteiger partial charge in [-0.2, -0.15) is 0 Å². The van der Waals surface area contributed by atoms with Crippen LogP contribution in [0.5, 0.6) is 0 Å². The summed E-state index contributed by atoms with van der Waals surface area (Å²) in [4.78, 5) is 6.87. The highest BCUT2D eigenvalue weighted by Crippen LogP contribution is 2.18. The van der Waals surface area contributed by atoms with Gasteiger partial charge < -0.3 is 15.7 Å². The second kappa shape index (κ2) is 13.7. The number of piperidine rings is 1. The quantitative estimate of drug-likeness (QED) is 0.272. The summed E-state index contributed by atoms with van der Waals surface area (Å²) >= 11 is 0. The summed E-state index contributed by atoms with van der Waals surface area (Å²) in [6.07, 6.45) is 2.63. The summed E-state index contributed by atoms with van der Waals surface area (Å²) in [7, 11) is 1.77. The summed E-state index contributed by atoms with van der Waals surface area (Å²) in [5.74, 6) is 1.66. The van der Waals surface area contributed by atoms with E-state index in [0.717, 1.165) is 30.5 Å². The van der Waals surface area contributed by atoms with Crippen molar-refractivity contribution in [1.82, 2.24) is 15.5 Å². The van der Waals surface area contributed by atoms with Crippen LogP contribution in [0.2, 0.25) is 0 Å². The molecule has 2 aromatic rings. The van der Waals surface area contributed by atoms with Crippen LogP contribution < -0.4 is 10.6 Å². The predicted octanol–water partition coefficient (Wildman–Crippen LogP) is 3.98. The van der Waals surface area contributed by atoms with E-state index in [2.05, 4.69) is 51.7 Å². The molecule has 0 amide bonds. The van der Waals surface area contributed by atoms with E-state index in [-0.39, 0.29) is 36.5 Å². The molecule has 0 radical (unpaired) electrons. The van der Waals surface area contributed by atoms with Crippen LogP contribution in [-0.2, 0) is 13.1 Å². The topological polar surface area (TPSA) is 59.9 Å². The number of benzene rings is 2. The highest BCUT2D eigenvalue weighted by atomic mass is 127. The molecule has 0 aromatic heterocycles. The lowest BCUT2D eigenvalue weighted by molar-refractivity contribution is 0.185. The number of nitrogens with one attached hydrogen (secondary N) is 2.